The number of fused-ring (bicyclic) bond motifs is 1. The van der Waals surface area contributed by atoms with Crippen molar-refractivity contribution in [3.8, 4) is 5.75 Å². The summed E-state index contributed by atoms with van der Waals surface area (Å²) >= 11 is 1.46. The third kappa shape index (κ3) is 3.26. The number of ether oxygens (including phenoxy) is 1. The van der Waals surface area contributed by atoms with Crippen molar-refractivity contribution in [2.24, 2.45) is 0 Å². The molecule has 1 amide bonds. The molecule has 1 N–H and O–H groups in total. The van der Waals surface area contributed by atoms with Crippen LogP contribution in [0.2, 0.25) is 0 Å². The van der Waals surface area contributed by atoms with Crippen LogP contribution in [0, 0.1) is 0 Å². The lowest BCUT2D eigenvalue weighted by Crippen LogP contribution is -2.32. The van der Waals surface area contributed by atoms with Gasteiger partial charge in [0.2, 0.25) is 0 Å². The second-order valence-electron chi connectivity index (χ2n) is 4.80. The van der Waals surface area contributed by atoms with E-state index in [2.05, 4.69) is 10.3 Å². The number of carbonyl (C=O) groups is 1. The molecule has 0 saturated carbocycles. The summed E-state index contributed by atoms with van der Waals surface area (Å²) in [6, 6.07) is 17.2. The molecule has 22 heavy (non-hydrogen) atoms. The van der Waals surface area contributed by atoms with Gasteiger partial charge in [-0.25, -0.2) is 4.98 Å². The molecule has 1 aromatic heterocycles. The number of amides is 1. The molecule has 5 heteroatoms. The van der Waals surface area contributed by atoms with Gasteiger partial charge in [-0.15, -0.1) is 0 Å². The summed E-state index contributed by atoms with van der Waals surface area (Å²) in [5.41, 5.74) is 0.889. The Hall–Kier alpha value is -2.40. The van der Waals surface area contributed by atoms with Gasteiger partial charge in [-0.3, -0.25) is 10.1 Å². The van der Waals surface area contributed by atoms with Crippen molar-refractivity contribution in [2.75, 3.05) is 5.32 Å². The van der Waals surface area contributed by atoms with Crippen LogP contribution in [0.5, 0.6) is 5.75 Å². The number of benzene rings is 2. The largest absolute Gasteiger partial charge is 0.481 e. The smallest absolute Gasteiger partial charge is 0.267 e. The number of rotatable bonds is 5. The lowest BCUT2D eigenvalue weighted by Gasteiger charge is -2.16. The third-order valence-corrected chi connectivity index (χ3v) is 4.16. The van der Waals surface area contributed by atoms with E-state index in [4.69, 9.17) is 4.74 Å². The Morgan fingerprint density at radius 2 is 1.91 bits per heavy atom. The quantitative estimate of drug-likeness (QED) is 0.772. The lowest BCUT2D eigenvalue weighted by atomic mass is 10.2. The fraction of sp³-hybridized carbons (Fsp3) is 0.176. The van der Waals surface area contributed by atoms with Gasteiger partial charge in [-0.05, 0) is 30.7 Å². The third-order valence-electron chi connectivity index (χ3n) is 3.21. The van der Waals surface area contributed by atoms with E-state index in [0.717, 1.165) is 10.2 Å². The van der Waals surface area contributed by atoms with E-state index in [9.17, 15) is 4.79 Å². The van der Waals surface area contributed by atoms with Gasteiger partial charge in [0.05, 0.1) is 10.2 Å². The molecule has 3 rings (SSSR count). The van der Waals surface area contributed by atoms with Crippen LogP contribution in [-0.2, 0) is 4.79 Å². The molecule has 0 saturated heterocycles. The van der Waals surface area contributed by atoms with Gasteiger partial charge >= 0.3 is 0 Å². The molecule has 0 radical (unpaired) electrons. The number of hydrogen-bond acceptors (Lipinski definition) is 4. The summed E-state index contributed by atoms with van der Waals surface area (Å²) < 4.78 is 6.79. The van der Waals surface area contributed by atoms with Crippen LogP contribution in [-0.4, -0.2) is 17.0 Å². The summed E-state index contributed by atoms with van der Waals surface area (Å²) in [5.74, 6) is 0.513. The van der Waals surface area contributed by atoms with Crippen molar-refractivity contribution in [2.45, 2.75) is 19.4 Å². The van der Waals surface area contributed by atoms with Crippen molar-refractivity contribution >= 4 is 32.6 Å². The first-order chi connectivity index (χ1) is 10.8. The Morgan fingerprint density at radius 3 is 2.64 bits per heavy atom. The Bertz CT molecular complexity index is 737. The van der Waals surface area contributed by atoms with Crippen LogP contribution in [0.4, 0.5) is 5.13 Å². The Morgan fingerprint density at radius 1 is 1.18 bits per heavy atom. The zero-order chi connectivity index (χ0) is 15.4. The van der Waals surface area contributed by atoms with Crippen molar-refractivity contribution < 1.29 is 9.53 Å². The van der Waals surface area contributed by atoms with E-state index in [1.54, 1.807) is 0 Å². The molecular weight excluding hydrogens is 296 g/mol. The predicted octanol–water partition coefficient (Wildman–Crippen LogP) is 4.09. The Balaban J connectivity index is 1.71. The standard InChI is InChI=1S/C17H16N2O2S/c1-2-14(21-12-8-4-3-5-9-12)16(20)19-17-18-13-10-6-7-11-15(13)22-17/h3-11,14H,2H2,1H3,(H,18,19,20). The molecule has 3 aromatic rings. The van der Waals surface area contributed by atoms with Gasteiger partial charge in [0, 0.05) is 0 Å². The predicted molar refractivity (Wildman–Crippen MR) is 89.4 cm³/mol. The van der Waals surface area contributed by atoms with Crippen molar-refractivity contribution in [3.63, 3.8) is 0 Å². The molecule has 1 unspecified atom stereocenters. The van der Waals surface area contributed by atoms with Crippen LogP contribution in [0.1, 0.15) is 13.3 Å². The number of hydrogen-bond donors (Lipinski definition) is 1. The average Bonchev–Trinajstić information content (AvgIpc) is 2.95. The topological polar surface area (TPSA) is 51.2 Å². The molecule has 0 aliphatic carbocycles. The summed E-state index contributed by atoms with van der Waals surface area (Å²) in [5, 5.41) is 3.44. The Labute approximate surface area is 132 Å². The summed E-state index contributed by atoms with van der Waals surface area (Å²) in [6.45, 7) is 1.92. The number of aromatic nitrogens is 1. The van der Waals surface area contributed by atoms with E-state index >= 15 is 0 Å². The first-order valence-electron chi connectivity index (χ1n) is 7.14. The van der Waals surface area contributed by atoms with Crippen LogP contribution in [0.3, 0.4) is 0 Å². The van der Waals surface area contributed by atoms with Gasteiger partial charge in [0.15, 0.2) is 11.2 Å². The van der Waals surface area contributed by atoms with E-state index in [-0.39, 0.29) is 5.91 Å². The zero-order valence-electron chi connectivity index (χ0n) is 12.2. The van der Waals surface area contributed by atoms with Crippen LogP contribution in [0.15, 0.2) is 54.6 Å². The van der Waals surface area contributed by atoms with Gasteiger partial charge in [0.1, 0.15) is 5.75 Å². The lowest BCUT2D eigenvalue weighted by molar-refractivity contribution is -0.122. The molecule has 2 aromatic carbocycles. The number of nitrogens with one attached hydrogen (secondary N) is 1. The maximum atomic E-state index is 12.4. The SMILES string of the molecule is CCC(Oc1ccccc1)C(=O)Nc1nc2ccccc2s1. The fourth-order valence-corrected chi connectivity index (χ4v) is 2.97. The molecule has 0 aliphatic rings. The highest BCUT2D eigenvalue weighted by Gasteiger charge is 2.19. The van der Waals surface area contributed by atoms with Crippen LogP contribution >= 0.6 is 11.3 Å². The molecule has 0 bridgehead atoms. The van der Waals surface area contributed by atoms with Crippen LogP contribution in [0.25, 0.3) is 10.2 Å². The number of para-hydroxylation sites is 2. The van der Waals surface area contributed by atoms with E-state index in [1.165, 1.54) is 11.3 Å². The number of carbonyl (C=O) groups excluding carboxylic acids is 1. The highest BCUT2D eigenvalue weighted by Crippen LogP contribution is 2.25. The van der Waals surface area contributed by atoms with E-state index < -0.39 is 6.10 Å². The normalized spacial score (nSPS) is 12.0. The van der Waals surface area contributed by atoms with Gasteiger partial charge < -0.3 is 4.74 Å². The minimum absolute atomic E-state index is 0.176. The number of thiazole rings is 1. The first-order valence-corrected chi connectivity index (χ1v) is 7.96. The highest BCUT2D eigenvalue weighted by molar-refractivity contribution is 7.22. The maximum absolute atomic E-state index is 12.4. The molecule has 1 heterocycles. The van der Waals surface area contributed by atoms with E-state index in [0.29, 0.717) is 17.3 Å². The minimum atomic E-state index is -0.533. The molecule has 4 nitrogen and oxygen atoms in total. The summed E-state index contributed by atoms with van der Waals surface area (Å²) in [4.78, 5) is 16.8. The van der Waals surface area contributed by atoms with Crippen molar-refractivity contribution in [1.29, 1.82) is 0 Å². The first kappa shape index (κ1) is 14.5. The minimum Gasteiger partial charge on any atom is -0.481 e. The van der Waals surface area contributed by atoms with Crippen LogP contribution < -0.4 is 10.1 Å². The summed E-state index contributed by atoms with van der Waals surface area (Å²) in [7, 11) is 0. The fourth-order valence-electron chi connectivity index (χ4n) is 2.10. The van der Waals surface area contributed by atoms with Crippen molar-refractivity contribution in [3.05, 3.63) is 54.6 Å². The molecular formula is C17H16N2O2S. The Kier molecular flexibility index (Phi) is 4.34. The maximum Gasteiger partial charge on any atom is 0.267 e. The molecule has 0 aliphatic heterocycles. The number of nitrogens with zero attached hydrogens (tertiary/aromatic N) is 1. The van der Waals surface area contributed by atoms with E-state index in [1.807, 2.05) is 61.5 Å². The number of anilines is 1. The van der Waals surface area contributed by atoms with Crippen molar-refractivity contribution in [1.82, 2.24) is 4.98 Å². The monoisotopic (exact) mass is 312 g/mol. The highest BCUT2D eigenvalue weighted by atomic mass is 32.1. The average molecular weight is 312 g/mol. The molecule has 0 spiro atoms. The van der Waals surface area contributed by atoms with Gasteiger partial charge in [-0.2, -0.15) is 0 Å². The zero-order valence-corrected chi connectivity index (χ0v) is 13.0. The van der Waals surface area contributed by atoms with Gasteiger partial charge in [-0.1, -0.05) is 48.6 Å². The molecule has 1 atom stereocenters. The second kappa shape index (κ2) is 6.58. The molecule has 0 fully saturated rings. The van der Waals surface area contributed by atoms with Gasteiger partial charge in [0.25, 0.3) is 5.91 Å². The second-order valence-corrected chi connectivity index (χ2v) is 5.83. The molecule has 112 valence electrons. The summed E-state index contributed by atoms with van der Waals surface area (Å²) in [6.07, 6.45) is 0.0560.